The van der Waals surface area contributed by atoms with Crippen molar-refractivity contribution in [3.8, 4) is 6.07 Å². The van der Waals surface area contributed by atoms with Gasteiger partial charge in [0.25, 0.3) is 0 Å². The number of aryl methyl sites for hydroxylation is 2. The van der Waals surface area contributed by atoms with E-state index in [9.17, 15) is 5.26 Å². The molecule has 0 amide bonds. The lowest BCUT2D eigenvalue weighted by molar-refractivity contribution is 0.189. The second-order valence-corrected chi connectivity index (χ2v) is 4.91. The van der Waals surface area contributed by atoms with Gasteiger partial charge in [0.2, 0.25) is 0 Å². The molecule has 1 aromatic rings. The van der Waals surface area contributed by atoms with E-state index in [1.807, 2.05) is 19.9 Å². The molecule has 0 radical (unpaired) electrons. The molecule has 5 nitrogen and oxygen atoms in total. The molecule has 2 heterocycles. The molecule has 0 aromatic carbocycles. The Labute approximate surface area is 114 Å². The minimum atomic E-state index is 0.205. The molecule has 1 saturated heterocycles. The third kappa shape index (κ3) is 3.03. The Hall–Kier alpha value is -1.64. The van der Waals surface area contributed by atoms with Gasteiger partial charge in [0.05, 0.1) is 23.6 Å². The number of pyridine rings is 1. The van der Waals surface area contributed by atoms with Crippen LogP contribution in [0.4, 0.5) is 5.69 Å². The molecule has 0 atom stereocenters. The monoisotopic (exact) mass is 260 g/mol. The van der Waals surface area contributed by atoms with E-state index in [4.69, 9.17) is 5.11 Å². The highest BCUT2D eigenvalue weighted by molar-refractivity contribution is 5.61. The summed E-state index contributed by atoms with van der Waals surface area (Å²) < 4.78 is 0. The van der Waals surface area contributed by atoms with Gasteiger partial charge in [-0.3, -0.25) is 9.88 Å². The SMILES string of the molecule is Cc1cc(N2CCN(CCO)CC2)c(C#N)c(C)n1. The van der Waals surface area contributed by atoms with Gasteiger partial charge in [0, 0.05) is 38.4 Å². The molecular weight excluding hydrogens is 240 g/mol. The minimum absolute atomic E-state index is 0.205. The van der Waals surface area contributed by atoms with Crippen LogP contribution in [-0.2, 0) is 0 Å². The Morgan fingerprint density at radius 3 is 2.58 bits per heavy atom. The maximum Gasteiger partial charge on any atom is 0.103 e. The lowest BCUT2D eigenvalue weighted by atomic mass is 10.1. The summed E-state index contributed by atoms with van der Waals surface area (Å²) in [6.07, 6.45) is 0. The highest BCUT2D eigenvalue weighted by Crippen LogP contribution is 2.24. The van der Waals surface area contributed by atoms with Gasteiger partial charge in [-0.15, -0.1) is 0 Å². The standard InChI is InChI=1S/C14H20N4O/c1-11-9-14(13(10-15)12(2)16-11)18-5-3-17(4-6-18)7-8-19/h9,19H,3-8H2,1-2H3. The largest absolute Gasteiger partial charge is 0.395 e. The van der Waals surface area contributed by atoms with E-state index in [0.29, 0.717) is 5.56 Å². The molecule has 0 aliphatic carbocycles. The van der Waals surface area contributed by atoms with E-state index in [-0.39, 0.29) is 6.61 Å². The number of rotatable bonds is 3. The third-order valence-electron chi connectivity index (χ3n) is 3.55. The van der Waals surface area contributed by atoms with Crippen molar-refractivity contribution in [3.05, 3.63) is 23.0 Å². The zero-order chi connectivity index (χ0) is 13.8. The van der Waals surface area contributed by atoms with Crippen LogP contribution in [0, 0.1) is 25.2 Å². The summed E-state index contributed by atoms with van der Waals surface area (Å²) in [5, 5.41) is 18.2. The summed E-state index contributed by atoms with van der Waals surface area (Å²) in [6.45, 7) is 8.40. The van der Waals surface area contributed by atoms with Crippen molar-refractivity contribution in [1.29, 1.82) is 5.26 Å². The van der Waals surface area contributed by atoms with Crippen LogP contribution in [0.5, 0.6) is 0 Å². The lowest BCUT2D eigenvalue weighted by Gasteiger charge is -2.36. The molecule has 19 heavy (non-hydrogen) atoms. The topological polar surface area (TPSA) is 63.4 Å². The van der Waals surface area contributed by atoms with E-state index in [2.05, 4.69) is 20.9 Å². The van der Waals surface area contributed by atoms with E-state index in [1.54, 1.807) is 0 Å². The molecule has 0 unspecified atom stereocenters. The van der Waals surface area contributed by atoms with Crippen molar-refractivity contribution in [2.45, 2.75) is 13.8 Å². The summed E-state index contributed by atoms with van der Waals surface area (Å²) >= 11 is 0. The molecule has 1 aliphatic rings. The fraction of sp³-hybridized carbons (Fsp3) is 0.571. The molecule has 0 bridgehead atoms. The first kappa shape index (κ1) is 13.8. The van der Waals surface area contributed by atoms with Gasteiger partial charge >= 0.3 is 0 Å². The Morgan fingerprint density at radius 1 is 1.32 bits per heavy atom. The number of piperazine rings is 1. The average molecular weight is 260 g/mol. The van der Waals surface area contributed by atoms with Crippen LogP contribution in [-0.4, -0.2) is 54.3 Å². The van der Waals surface area contributed by atoms with E-state index < -0.39 is 0 Å². The predicted octanol–water partition coefficient (Wildman–Crippen LogP) is 0.684. The Morgan fingerprint density at radius 2 is 2.00 bits per heavy atom. The van der Waals surface area contributed by atoms with Crippen LogP contribution in [0.2, 0.25) is 0 Å². The van der Waals surface area contributed by atoms with E-state index in [1.165, 1.54) is 0 Å². The van der Waals surface area contributed by atoms with Crippen LogP contribution in [0.1, 0.15) is 17.0 Å². The number of aromatic nitrogens is 1. The second kappa shape index (κ2) is 6.00. The molecule has 0 saturated carbocycles. The number of hydrogen-bond donors (Lipinski definition) is 1. The van der Waals surface area contributed by atoms with E-state index in [0.717, 1.165) is 49.8 Å². The molecule has 2 rings (SSSR count). The molecule has 5 heteroatoms. The van der Waals surface area contributed by atoms with Gasteiger partial charge in [0.1, 0.15) is 6.07 Å². The van der Waals surface area contributed by atoms with Gasteiger partial charge < -0.3 is 10.0 Å². The number of anilines is 1. The van der Waals surface area contributed by atoms with Crippen LogP contribution < -0.4 is 4.90 Å². The van der Waals surface area contributed by atoms with Crippen LogP contribution >= 0.6 is 0 Å². The molecule has 102 valence electrons. The molecule has 1 fully saturated rings. The first-order valence-corrected chi connectivity index (χ1v) is 6.62. The Bertz CT molecular complexity index is 487. The molecule has 0 spiro atoms. The summed E-state index contributed by atoms with van der Waals surface area (Å²) in [5.41, 5.74) is 3.43. The minimum Gasteiger partial charge on any atom is -0.395 e. The Balaban J connectivity index is 2.18. The lowest BCUT2D eigenvalue weighted by Crippen LogP contribution is -2.47. The van der Waals surface area contributed by atoms with Gasteiger partial charge in [-0.1, -0.05) is 0 Å². The van der Waals surface area contributed by atoms with Crippen molar-refractivity contribution >= 4 is 5.69 Å². The van der Waals surface area contributed by atoms with Gasteiger partial charge in [-0.05, 0) is 19.9 Å². The fourth-order valence-corrected chi connectivity index (χ4v) is 2.55. The van der Waals surface area contributed by atoms with E-state index >= 15 is 0 Å². The van der Waals surface area contributed by atoms with Crippen molar-refractivity contribution in [1.82, 2.24) is 9.88 Å². The quantitative estimate of drug-likeness (QED) is 0.866. The zero-order valence-electron chi connectivity index (χ0n) is 11.6. The number of hydrogen-bond acceptors (Lipinski definition) is 5. The number of aliphatic hydroxyl groups excluding tert-OH is 1. The average Bonchev–Trinajstić information content (AvgIpc) is 2.39. The Kier molecular flexibility index (Phi) is 4.35. The number of nitrogens with zero attached hydrogens (tertiary/aromatic N) is 4. The number of β-amino-alcohol motifs (C(OH)–C–C–N with tert-alkyl or cyclic N) is 1. The molecule has 1 aromatic heterocycles. The maximum absolute atomic E-state index is 9.30. The summed E-state index contributed by atoms with van der Waals surface area (Å²) in [5.74, 6) is 0. The maximum atomic E-state index is 9.30. The van der Waals surface area contributed by atoms with Gasteiger partial charge in [0.15, 0.2) is 0 Å². The molecule has 1 aliphatic heterocycles. The van der Waals surface area contributed by atoms with Gasteiger partial charge in [-0.25, -0.2) is 0 Å². The summed E-state index contributed by atoms with van der Waals surface area (Å²) in [6, 6.07) is 4.26. The van der Waals surface area contributed by atoms with Crippen molar-refractivity contribution < 1.29 is 5.11 Å². The van der Waals surface area contributed by atoms with Crippen molar-refractivity contribution in [3.63, 3.8) is 0 Å². The van der Waals surface area contributed by atoms with Crippen molar-refractivity contribution in [2.24, 2.45) is 0 Å². The fourth-order valence-electron chi connectivity index (χ4n) is 2.55. The first-order chi connectivity index (χ1) is 9.15. The third-order valence-corrected chi connectivity index (χ3v) is 3.55. The second-order valence-electron chi connectivity index (χ2n) is 4.91. The van der Waals surface area contributed by atoms with Crippen LogP contribution in [0.3, 0.4) is 0 Å². The van der Waals surface area contributed by atoms with Crippen LogP contribution in [0.15, 0.2) is 6.07 Å². The highest BCUT2D eigenvalue weighted by atomic mass is 16.3. The molecular formula is C14H20N4O. The highest BCUT2D eigenvalue weighted by Gasteiger charge is 2.20. The molecule has 1 N–H and O–H groups in total. The number of aliphatic hydroxyl groups is 1. The predicted molar refractivity (Wildman–Crippen MR) is 74.2 cm³/mol. The normalized spacial score (nSPS) is 16.4. The van der Waals surface area contributed by atoms with Crippen LogP contribution in [0.25, 0.3) is 0 Å². The zero-order valence-corrected chi connectivity index (χ0v) is 11.6. The first-order valence-electron chi connectivity index (χ1n) is 6.62. The summed E-state index contributed by atoms with van der Waals surface area (Å²) in [7, 11) is 0. The van der Waals surface area contributed by atoms with Gasteiger partial charge in [-0.2, -0.15) is 5.26 Å². The van der Waals surface area contributed by atoms with Crippen molar-refractivity contribution in [2.75, 3.05) is 44.2 Å². The number of nitriles is 1. The summed E-state index contributed by atoms with van der Waals surface area (Å²) in [4.78, 5) is 8.84. The smallest absolute Gasteiger partial charge is 0.103 e.